The highest BCUT2D eigenvalue weighted by Gasteiger charge is 2.14. The van der Waals surface area contributed by atoms with Crippen molar-refractivity contribution in [2.75, 3.05) is 26.4 Å². The minimum absolute atomic E-state index is 0.0339. The van der Waals surface area contributed by atoms with Crippen LogP contribution in [0.5, 0.6) is 11.5 Å². The van der Waals surface area contributed by atoms with E-state index in [-0.39, 0.29) is 37.9 Å². The molecule has 0 aliphatic heterocycles. The number of aromatic hydroxyl groups is 2. The summed E-state index contributed by atoms with van der Waals surface area (Å²) >= 11 is 0. The van der Waals surface area contributed by atoms with Gasteiger partial charge < -0.3 is 34.6 Å². The van der Waals surface area contributed by atoms with Crippen LogP contribution in [0.15, 0.2) is 24.3 Å². The van der Waals surface area contributed by atoms with Crippen LogP contribution in [0.2, 0.25) is 0 Å². The summed E-state index contributed by atoms with van der Waals surface area (Å²) in [6.07, 6.45) is -1.52. The number of phenolic OH excluding ortho intramolecular Hbond substituents is 2. The van der Waals surface area contributed by atoms with Gasteiger partial charge >= 0.3 is 11.9 Å². The molecule has 9 nitrogen and oxygen atoms in total. The number of rotatable bonds is 8. The molecule has 0 bridgehead atoms. The number of phenols is 2. The zero-order valence-corrected chi connectivity index (χ0v) is 14.1. The minimum Gasteiger partial charge on any atom is -0.508 e. The highest BCUT2D eigenvalue weighted by atomic mass is 16.6. The maximum absolute atomic E-state index is 10.6. The quantitative estimate of drug-likeness (QED) is 0.370. The first kappa shape index (κ1) is 22.6. The van der Waals surface area contributed by atoms with E-state index in [0.29, 0.717) is 0 Å². The van der Waals surface area contributed by atoms with Gasteiger partial charge in [0.1, 0.15) is 23.7 Å². The summed E-state index contributed by atoms with van der Waals surface area (Å²) in [4.78, 5) is 21.2. The van der Waals surface area contributed by atoms with Crippen molar-refractivity contribution in [1.29, 1.82) is 0 Å². The molecule has 2 atom stereocenters. The van der Waals surface area contributed by atoms with Gasteiger partial charge in [-0.25, -0.2) is 0 Å². The SMILES string of the molecule is CC(=O)OC(CO)COCC(CO)OC(C)=O.Oc1ccc(O)cc1. The number of carbonyl (C=O) groups excluding carboxylic acids is 2. The molecule has 0 spiro atoms. The Kier molecular flexibility index (Phi) is 11.8. The first-order valence-electron chi connectivity index (χ1n) is 7.40. The fraction of sp³-hybridized carbons (Fsp3) is 0.500. The fourth-order valence-electron chi connectivity index (χ4n) is 1.50. The molecule has 0 aliphatic carbocycles. The topological polar surface area (TPSA) is 143 Å². The average molecular weight is 360 g/mol. The maximum Gasteiger partial charge on any atom is 0.303 e. The smallest absolute Gasteiger partial charge is 0.303 e. The van der Waals surface area contributed by atoms with Crippen molar-refractivity contribution in [2.24, 2.45) is 0 Å². The van der Waals surface area contributed by atoms with E-state index in [1.165, 1.54) is 38.1 Å². The molecule has 25 heavy (non-hydrogen) atoms. The number of esters is 2. The lowest BCUT2D eigenvalue weighted by Gasteiger charge is -2.17. The average Bonchev–Trinajstić information content (AvgIpc) is 2.55. The number of benzene rings is 1. The number of aliphatic hydroxyl groups excluding tert-OH is 2. The molecule has 0 heterocycles. The summed E-state index contributed by atoms with van der Waals surface area (Å²) in [6, 6.07) is 5.70. The summed E-state index contributed by atoms with van der Waals surface area (Å²) in [5.74, 6) is -0.705. The van der Waals surface area contributed by atoms with Gasteiger partial charge in [-0.3, -0.25) is 9.59 Å². The highest BCUT2D eigenvalue weighted by Crippen LogP contribution is 2.13. The molecule has 0 aliphatic rings. The molecule has 0 saturated carbocycles. The molecular weight excluding hydrogens is 336 g/mol. The van der Waals surface area contributed by atoms with Crippen LogP contribution >= 0.6 is 0 Å². The van der Waals surface area contributed by atoms with Gasteiger partial charge in [0.15, 0.2) is 0 Å². The molecule has 0 radical (unpaired) electrons. The maximum atomic E-state index is 10.6. The summed E-state index contributed by atoms with van der Waals surface area (Å²) in [6.45, 7) is 1.64. The number of ether oxygens (including phenoxy) is 3. The van der Waals surface area contributed by atoms with E-state index in [1.54, 1.807) is 0 Å². The van der Waals surface area contributed by atoms with Crippen molar-refractivity contribution < 1.29 is 44.2 Å². The molecule has 2 unspecified atom stereocenters. The summed E-state index contributed by atoms with van der Waals surface area (Å²) in [7, 11) is 0. The normalized spacial score (nSPS) is 12.3. The first-order chi connectivity index (χ1) is 11.8. The van der Waals surface area contributed by atoms with Crippen molar-refractivity contribution in [3.63, 3.8) is 0 Å². The van der Waals surface area contributed by atoms with Gasteiger partial charge in [0.2, 0.25) is 0 Å². The van der Waals surface area contributed by atoms with Gasteiger partial charge in [-0.1, -0.05) is 0 Å². The zero-order valence-electron chi connectivity index (χ0n) is 14.1. The molecule has 142 valence electrons. The van der Waals surface area contributed by atoms with Crippen LogP contribution in [0.1, 0.15) is 13.8 Å². The number of carbonyl (C=O) groups is 2. The lowest BCUT2D eigenvalue weighted by atomic mass is 10.3. The molecule has 1 aromatic rings. The van der Waals surface area contributed by atoms with Crippen LogP contribution in [0.25, 0.3) is 0 Å². The fourth-order valence-corrected chi connectivity index (χ4v) is 1.50. The Bertz CT molecular complexity index is 456. The Morgan fingerprint density at radius 2 is 1.16 bits per heavy atom. The van der Waals surface area contributed by atoms with E-state index in [1.807, 2.05) is 0 Å². The van der Waals surface area contributed by atoms with E-state index in [0.717, 1.165) is 0 Å². The molecule has 0 amide bonds. The third-order valence-corrected chi connectivity index (χ3v) is 2.53. The van der Waals surface area contributed by atoms with E-state index in [4.69, 9.17) is 34.6 Å². The molecule has 4 N–H and O–H groups in total. The molecule has 0 saturated heterocycles. The van der Waals surface area contributed by atoms with Crippen LogP contribution < -0.4 is 0 Å². The molecule has 0 aromatic heterocycles. The summed E-state index contributed by atoms with van der Waals surface area (Å²) < 4.78 is 14.5. The Morgan fingerprint density at radius 3 is 1.40 bits per heavy atom. The van der Waals surface area contributed by atoms with Crippen molar-refractivity contribution >= 4 is 11.9 Å². The molecular formula is C16H24O9. The zero-order chi connectivity index (χ0) is 19.2. The van der Waals surface area contributed by atoms with Crippen LogP contribution in [-0.4, -0.2) is 71.0 Å². The van der Waals surface area contributed by atoms with Gasteiger partial charge in [-0.05, 0) is 24.3 Å². The number of hydrogen-bond acceptors (Lipinski definition) is 9. The number of aliphatic hydroxyl groups is 2. The lowest BCUT2D eigenvalue weighted by molar-refractivity contribution is -0.157. The van der Waals surface area contributed by atoms with Gasteiger partial charge in [0, 0.05) is 13.8 Å². The van der Waals surface area contributed by atoms with Crippen molar-refractivity contribution in [3.05, 3.63) is 24.3 Å². The Balaban J connectivity index is 0.000000593. The highest BCUT2D eigenvalue weighted by molar-refractivity contribution is 5.66. The minimum atomic E-state index is -0.760. The molecule has 9 heteroatoms. The third-order valence-electron chi connectivity index (χ3n) is 2.53. The third kappa shape index (κ3) is 12.7. The van der Waals surface area contributed by atoms with E-state index >= 15 is 0 Å². The largest absolute Gasteiger partial charge is 0.508 e. The summed E-state index contributed by atoms with van der Waals surface area (Å²) in [5.41, 5.74) is 0. The monoisotopic (exact) mass is 360 g/mol. The Labute approximate surface area is 145 Å². The standard InChI is InChI=1S/C10H18O7.C6H6O2/c1-7(13)16-9(3-11)5-15-6-10(4-12)17-8(2)14;7-5-1-2-6(8)4-3-5/h9-12H,3-6H2,1-2H3;1-4,7-8H. The van der Waals surface area contributed by atoms with E-state index in [9.17, 15) is 9.59 Å². The van der Waals surface area contributed by atoms with Gasteiger partial charge in [0.25, 0.3) is 0 Å². The molecule has 0 fully saturated rings. The second-order valence-corrected chi connectivity index (χ2v) is 4.88. The summed E-state index contributed by atoms with van der Waals surface area (Å²) in [5, 5.41) is 35.0. The van der Waals surface area contributed by atoms with Crippen molar-refractivity contribution in [2.45, 2.75) is 26.1 Å². The predicted molar refractivity (Wildman–Crippen MR) is 85.9 cm³/mol. The predicted octanol–water partition coefficient (Wildman–Crippen LogP) is -0.0512. The second-order valence-electron chi connectivity index (χ2n) is 4.88. The van der Waals surface area contributed by atoms with Crippen LogP contribution in [-0.2, 0) is 23.8 Å². The van der Waals surface area contributed by atoms with Crippen LogP contribution in [0.3, 0.4) is 0 Å². The molecule has 1 aromatic carbocycles. The van der Waals surface area contributed by atoms with E-state index in [2.05, 4.69) is 0 Å². The van der Waals surface area contributed by atoms with Crippen LogP contribution in [0, 0.1) is 0 Å². The number of hydrogen-bond donors (Lipinski definition) is 4. The van der Waals surface area contributed by atoms with Gasteiger partial charge in [-0.15, -0.1) is 0 Å². The first-order valence-corrected chi connectivity index (χ1v) is 7.40. The van der Waals surface area contributed by atoms with Crippen molar-refractivity contribution in [3.8, 4) is 11.5 Å². The lowest BCUT2D eigenvalue weighted by Crippen LogP contribution is -2.31. The van der Waals surface area contributed by atoms with E-state index < -0.39 is 24.1 Å². The van der Waals surface area contributed by atoms with Gasteiger partial charge in [-0.2, -0.15) is 0 Å². The molecule has 1 rings (SSSR count). The van der Waals surface area contributed by atoms with Gasteiger partial charge in [0.05, 0.1) is 26.4 Å². The Hall–Kier alpha value is -2.36. The Morgan fingerprint density at radius 1 is 0.840 bits per heavy atom. The van der Waals surface area contributed by atoms with Crippen LogP contribution in [0.4, 0.5) is 0 Å². The second kappa shape index (κ2) is 13.0. The van der Waals surface area contributed by atoms with Crippen molar-refractivity contribution in [1.82, 2.24) is 0 Å².